The van der Waals surface area contributed by atoms with Crippen LogP contribution in [0, 0.1) is 0 Å². The third-order valence-electron chi connectivity index (χ3n) is 3.46. The van der Waals surface area contributed by atoms with Crippen molar-refractivity contribution < 1.29 is 4.74 Å². The first-order chi connectivity index (χ1) is 8.33. The number of benzene rings is 1. The average molecular weight is 234 g/mol. The van der Waals surface area contributed by atoms with E-state index in [0.29, 0.717) is 6.10 Å². The molecule has 1 heterocycles. The number of ether oxygens (including phenoxy) is 1. The molecule has 0 amide bonds. The molecule has 0 radical (unpaired) electrons. The number of anilines is 1. The number of rotatable bonds is 4. The van der Waals surface area contributed by atoms with Crippen LogP contribution in [0.3, 0.4) is 0 Å². The molecule has 17 heavy (non-hydrogen) atoms. The Bertz CT molecular complexity index is 329. The molecule has 0 atom stereocenters. The van der Waals surface area contributed by atoms with Gasteiger partial charge in [0.1, 0.15) is 0 Å². The molecule has 1 N–H and O–H groups in total. The summed E-state index contributed by atoms with van der Waals surface area (Å²) in [7, 11) is 3.79. The van der Waals surface area contributed by atoms with E-state index in [-0.39, 0.29) is 0 Å². The van der Waals surface area contributed by atoms with Gasteiger partial charge in [-0.15, -0.1) is 0 Å². The van der Waals surface area contributed by atoms with Crippen molar-refractivity contribution in [3.63, 3.8) is 0 Å². The second kappa shape index (κ2) is 6.03. The zero-order valence-corrected chi connectivity index (χ0v) is 10.8. The van der Waals surface area contributed by atoms with Gasteiger partial charge in [-0.25, -0.2) is 0 Å². The summed E-state index contributed by atoms with van der Waals surface area (Å²) in [6.07, 6.45) is 2.72. The Morgan fingerprint density at radius 1 is 1.24 bits per heavy atom. The number of nitrogens with zero attached hydrogens (tertiary/aromatic N) is 1. The van der Waals surface area contributed by atoms with Gasteiger partial charge in [-0.1, -0.05) is 12.1 Å². The second-order valence-electron chi connectivity index (χ2n) is 4.62. The van der Waals surface area contributed by atoms with Crippen molar-refractivity contribution in [3.8, 4) is 0 Å². The SMILES string of the molecule is CNCc1ccc(N2CCC(OC)CC2)cc1. The van der Waals surface area contributed by atoms with Gasteiger partial charge in [-0.05, 0) is 37.6 Å². The lowest BCUT2D eigenvalue weighted by molar-refractivity contribution is 0.0819. The fourth-order valence-electron chi connectivity index (χ4n) is 2.38. The third-order valence-corrected chi connectivity index (χ3v) is 3.46. The van der Waals surface area contributed by atoms with Gasteiger partial charge in [0, 0.05) is 32.4 Å². The third kappa shape index (κ3) is 3.20. The Morgan fingerprint density at radius 3 is 2.41 bits per heavy atom. The number of hydrogen-bond acceptors (Lipinski definition) is 3. The summed E-state index contributed by atoms with van der Waals surface area (Å²) in [5.41, 5.74) is 2.67. The lowest BCUT2D eigenvalue weighted by Gasteiger charge is -2.33. The van der Waals surface area contributed by atoms with E-state index in [0.717, 1.165) is 32.5 Å². The zero-order chi connectivity index (χ0) is 12.1. The topological polar surface area (TPSA) is 24.5 Å². The van der Waals surface area contributed by atoms with E-state index >= 15 is 0 Å². The minimum Gasteiger partial charge on any atom is -0.381 e. The average Bonchev–Trinajstić information content (AvgIpc) is 2.40. The highest BCUT2D eigenvalue weighted by Gasteiger charge is 2.18. The maximum absolute atomic E-state index is 5.39. The summed E-state index contributed by atoms with van der Waals surface area (Å²) in [5, 5.41) is 3.17. The number of nitrogens with one attached hydrogen (secondary N) is 1. The highest BCUT2D eigenvalue weighted by atomic mass is 16.5. The molecule has 1 aliphatic rings. The van der Waals surface area contributed by atoms with E-state index in [1.807, 2.05) is 14.2 Å². The summed E-state index contributed by atoms with van der Waals surface area (Å²) in [6.45, 7) is 3.14. The molecule has 3 heteroatoms. The summed E-state index contributed by atoms with van der Waals surface area (Å²) in [5.74, 6) is 0. The van der Waals surface area contributed by atoms with Crippen LogP contribution in [0.15, 0.2) is 24.3 Å². The van der Waals surface area contributed by atoms with Gasteiger partial charge in [0.25, 0.3) is 0 Å². The molecule has 1 aromatic carbocycles. The number of piperidine rings is 1. The van der Waals surface area contributed by atoms with Crippen LogP contribution in [0.25, 0.3) is 0 Å². The van der Waals surface area contributed by atoms with E-state index in [1.54, 1.807) is 0 Å². The molecular weight excluding hydrogens is 212 g/mol. The van der Waals surface area contributed by atoms with E-state index < -0.39 is 0 Å². The van der Waals surface area contributed by atoms with Crippen LogP contribution < -0.4 is 10.2 Å². The van der Waals surface area contributed by atoms with Crippen LogP contribution in [0.4, 0.5) is 5.69 Å². The Morgan fingerprint density at radius 2 is 1.88 bits per heavy atom. The molecule has 94 valence electrons. The molecular formula is C14H22N2O. The summed E-state index contributed by atoms with van der Waals surface area (Å²) in [6, 6.07) is 8.85. The van der Waals surface area contributed by atoms with Crippen molar-refractivity contribution in [1.82, 2.24) is 5.32 Å². The van der Waals surface area contributed by atoms with Gasteiger partial charge in [0.05, 0.1) is 6.10 Å². The van der Waals surface area contributed by atoms with Crippen LogP contribution in [-0.2, 0) is 11.3 Å². The lowest BCUT2D eigenvalue weighted by atomic mass is 10.1. The van der Waals surface area contributed by atoms with Crippen molar-refractivity contribution in [1.29, 1.82) is 0 Å². The van der Waals surface area contributed by atoms with Crippen molar-refractivity contribution in [2.24, 2.45) is 0 Å². The van der Waals surface area contributed by atoms with Crippen molar-refractivity contribution in [2.75, 3.05) is 32.1 Å². The van der Waals surface area contributed by atoms with Crippen molar-refractivity contribution >= 4 is 5.69 Å². The molecule has 0 saturated carbocycles. The molecule has 0 aromatic heterocycles. The fraction of sp³-hybridized carbons (Fsp3) is 0.571. The molecule has 0 bridgehead atoms. The molecule has 1 saturated heterocycles. The molecule has 3 nitrogen and oxygen atoms in total. The molecule has 1 fully saturated rings. The van der Waals surface area contributed by atoms with Gasteiger partial charge >= 0.3 is 0 Å². The highest BCUT2D eigenvalue weighted by molar-refractivity contribution is 5.48. The minimum atomic E-state index is 0.454. The largest absolute Gasteiger partial charge is 0.381 e. The predicted molar refractivity (Wildman–Crippen MR) is 71.4 cm³/mol. The summed E-state index contributed by atoms with van der Waals surface area (Å²) < 4.78 is 5.39. The normalized spacial score (nSPS) is 17.4. The quantitative estimate of drug-likeness (QED) is 0.862. The minimum absolute atomic E-state index is 0.454. The molecule has 1 aliphatic heterocycles. The van der Waals surface area contributed by atoms with E-state index in [2.05, 4.69) is 34.5 Å². The smallest absolute Gasteiger partial charge is 0.0605 e. The first-order valence-electron chi connectivity index (χ1n) is 6.34. The van der Waals surface area contributed by atoms with Gasteiger partial charge < -0.3 is 15.0 Å². The van der Waals surface area contributed by atoms with Gasteiger partial charge in [0.15, 0.2) is 0 Å². The van der Waals surface area contributed by atoms with Crippen LogP contribution in [0.2, 0.25) is 0 Å². The predicted octanol–water partition coefficient (Wildman–Crippen LogP) is 2.02. The van der Waals surface area contributed by atoms with E-state index in [4.69, 9.17) is 4.74 Å². The van der Waals surface area contributed by atoms with Gasteiger partial charge in [-0.2, -0.15) is 0 Å². The Kier molecular flexibility index (Phi) is 4.40. The highest BCUT2D eigenvalue weighted by Crippen LogP contribution is 2.21. The number of methoxy groups -OCH3 is 1. The first-order valence-corrected chi connectivity index (χ1v) is 6.34. The van der Waals surface area contributed by atoms with Crippen molar-refractivity contribution in [2.45, 2.75) is 25.5 Å². The molecule has 1 aromatic rings. The maximum Gasteiger partial charge on any atom is 0.0605 e. The lowest BCUT2D eigenvalue weighted by Crippen LogP contribution is -2.36. The summed E-state index contributed by atoms with van der Waals surface area (Å²) in [4.78, 5) is 2.44. The van der Waals surface area contributed by atoms with Crippen LogP contribution in [0.5, 0.6) is 0 Å². The second-order valence-corrected chi connectivity index (χ2v) is 4.62. The first kappa shape index (κ1) is 12.4. The Labute approximate surface area is 104 Å². The fourth-order valence-corrected chi connectivity index (χ4v) is 2.38. The maximum atomic E-state index is 5.39. The molecule has 0 spiro atoms. The van der Waals surface area contributed by atoms with Gasteiger partial charge in [-0.3, -0.25) is 0 Å². The Hall–Kier alpha value is -1.06. The number of hydrogen-bond donors (Lipinski definition) is 1. The standard InChI is InChI=1S/C14H22N2O/c1-15-11-12-3-5-13(6-4-12)16-9-7-14(17-2)8-10-16/h3-6,14-15H,7-11H2,1-2H3. The van der Waals surface area contributed by atoms with Crippen molar-refractivity contribution in [3.05, 3.63) is 29.8 Å². The van der Waals surface area contributed by atoms with E-state index in [9.17, 15) is 0 Å². The summed E-state index contributed by atoms with van der Waals surface area (Å²) >= 11 is 0. The molecule has 0 unspecified atom stereocenters. The zero-order valence-electron chi connectivity index (χ0n) is 10.8. The van der Waals surface area contributed by atoms with Gasteiger partial charge in [0.2, 0.25) is 0 Å². The van der Waals surface area contributed by atoms with E-state index in [1.165, 1.54) is 11.3 Å². The van der Waals surface area contributed by atoms with Crippen LogP contribution in [-0.4, -0.2) is 33.4 Å². The van der Waals surface area contributed by atoms with Crippen LogP contribution in [0.1, 0.15) is 18.4 Å². The molecule has 2 rings (SSSR count). The Balaban J connectivity index is 1.94. The monoisotopic (exact) mass is 234 g/mol. The van der Waals surface area contributed by atoms with Crippen LogP contribution >= 0.6 is 0 Å². The molecule has 0 aliphatic carbocycles.